The molecule has 0 fully saturated rings. The van der Waals surface area contributed by atoms with Gasteiger partial charge in [-0.15, -0.1) is 0 Å². The van der Waals surface area contributed by atoms with E-state index >= 15 is 0 Å². The van der Waals surface area contributed by atoms with E-state index in [-0.39, 0.29) is 6.61 Å². The quantitative estimate of drug-likeness (QED) is 0.839. The number of aliphatic hydroxyl groups is 1. The number of aromatic nitrogens is 1. The predicted molar refractivity (Wildman–Crippen MR) is 67.8 cm³/mol. The van der Waals surface area contributed by atoms with Gasteiger partial charge in [-0.25, -0.2) is 0 Å². The minimum Gasteiger partial charge on any atom is -0.395 e. The van der Waals surface area contributed by atoms with E-state index in [1.807, 2.05) is 0 Å². The van der Waals surface area contributed by atoms with Crippen LogP contribution < -0.4 is 0 Å². The number of fused-ring (bicyclic) bond motifs is 1. The van der Waals surface area contributed by atoms with Crippen LogP contribution >= 0.6 is 0 Å². The van der Waals surface area contributed by atoms with Crippen molar-refractivity contribution in [1.29, 1.82) is 0 Å². The summed E-state index contributed by atoms with van der Waals surface area (Å²) in [5, 5.41) is 10.3. The van der Waals surface area contributed by atoms with E-state index in [1.165, 1.54) is 22.0 Å². The molecule has 0 bridgehead atoms. The Bertz CT molecular complexity index is 497. The number of hydrogen-bond acceptors (Lipinski definition) is 1. The zero-order valence-electron chi connectivity index (χ0n) is 10.2. The van der Waals surface area contributed by atoms with Crippen LogP contribution in [0.15, 0.2) is 24.4 Å². The fourth-order valence-electron chi connectivity index (χ4n) is 2.14. The number of hydrogen-bond donors (Lipinski definition) is 1. The number of nitrogens with zero attached hydrogens (tertiary/aromatic N) is 1. The minimum absolute atomic E-state index is 0.190. The lowest BCUT2D eigenvalue weighted by atomic mass is 10.0. The summed E-state index contributed by atoms with van der Waals surface area (Å²) in [6, 6.07) is 6.61. The number of benzene rings is 1. The Kier molecular flexibility index (Phi) is 3.01. The van der Waals surface area contributed by atoms with Crippen molar-refractivity contribution in [2.24, 2.45) is 0 Å². The molecule has 86 valence electrons. The molecule has 2 heteroatoms. The Morgan fingerprint density at radius 2 is 2.06 bits per heavy atom. The van der Waals surface area contributed by atoms with Crippen molar-refractivity contribution in [3.8, 4) is 0 Å². The summed E-state index contributed by atoms with van der Waals surface area (Å²) in [5.41, 5.74) is 3.87. The summed E-state index contributed by atoms with van der Waals surface area (Å²) in [7, 11) is 0. The van der Waals surface area contributed by atoms with Crippen LogP contribution in [0.2, 0.25) is 0 Å². The van der Waals surface area contributed by atoms with Gasteiger partial charge in [0.15, 0.2) is 0 Å². The number of aryl methyl sites for hydroxylation is 1. The molecule has 0 radical (unpaired) electrons. The SMILES string of the molecule is Cc1cn(CCO)c2ccc(C(C)C)cc12. The first-order valence-corrected chi connectivity index (χ1v) is 5.83. The van der Waals surface area contributed by atoms with Crippen LogP contribution in [0.1, 0.15) is 30.9 Å². The lowest BCUT2D eigenvalue weighted by Crippen LogP contribution is -1.99. The fourth-order valence-corrected chi connectivity index (χ4v) is 2.14. The normalized spacial score (nSPS) is 11.6. The van der Waals surface area contributed by atoms with E-state index in [2.05, 4.69) is 49.7 Å². The minimum atomic E-state index is 0.190. The van der Waals surface area contributed by atoms with Crippen molar-refractivity contribution >= 4 is 10.9 Å². The first-order chi connectivity index (χ1) is 7.63. The zero-order chi connectivity index (χ0) is 11.7. The average Bonchev–Trinajstić information content (AvgIpc) is 2.56. The summed E-state index contributed by atoms with van der Waals surface area (Å²) in [4.78, 5) is 0. The van der Waals surface area contributed by atoms with E-state index in [4.69, 9.17) is 5.11 Å². The number of aliphatic hydroxyl groups excluding tert-OH is 1. The van der Waals surface area contributed by atoms with Crippen LogP contribution in [-0.2, 0) is 6.54 Å². The molecule has 2 rings (SSSR count). The third-order valence-electron chi connectivity index (χ3n) is 3.11. The van der Waals surface area contributed by atoms with Crippen LogP contribution in [0.3, 0.4) is 0 Å². The van der Waals surface area contributed by atoms with Gasteiger partial charge in [0, 0.05) is 23.6 Å². The molecule has 1 aromatic heterocycles. The van der Waals surface area contributed by atoms with Gasteiger partial charge in [0.25, 0.3) is 0 Å². The third kappa shape index (κ3) is 1.85. The molecule has 0 atom stereocenters. The van der Waals surface area contributed by atoms with Gasteiger partial charge in [0.05, 0.1) is 6.61 Å². The standard InChI is InChI=1S/C14H19NO/c1-10(2)12-4-5-14-13(8-12)11(3)9-15(14)6-7-16/h4-5,8-10,16H,6-7H2,1-3H3. The maximum atomic E-state index is 9.01. The topological polar surface area (TPSA) is 25.2 Å². The van der Waals surface area contributed by atoms with E-state index < -0.39 is 0 Å². The van der Waals surface area contributed by atoms with Crippen LogP contribution in [0, 0.1) is 6.92 Å². The molecule has 2 nitrogen and oxygen atoms in total. The van der Waals surface area contributed by atoms with Gasteiger partial charge in [0.2, 0.25) is 0 Å². The van der Waals surface area contributed by atoms with Gasteiger partial charge < -0.3 is 9.67 Å². The molecule has 0 saturated heterocycles. The summed E-state index contributed by atoms with van der Waals surface area (Å²) in [6.07, 6.45) is 2.12. The fraction of sp³-hybridized carbons (Fsp3) is 0.429. The van der Waals surface area contributed by atoms with Crippen molar-refractivity contribution in [2.45, 2.75) is 33.2 Å². The molecule has 1 heterocycles. The highest BCUT2D eigenvalue weighted by Crippen LogP contribution is 2.25. The molecule has 0 spiro atoms. The molecular weight excluding hydrogens is 198 g/mol. The second kappa shape index (κ2) is 4.30. The first kappa shape index (κ1) is 11.2. The highest BCUT2D eigenvalue weighted by Gasteiger charge is 2.07. The van der Waals surface area contributed by atoms with E-state index in [0.717, 1.165) is 0 Å². The van der Waals surface area contributed by atoms with Crippen molar-refractivity contribution in [3.05, 3.63) is 35.5 Å². The second-order valence-electron chi connectivity index (χ2n) is 4.66. The molecule has 1 N–H and O–H groups in total. The van der Waals surface area contributed by atoms with Crippen molar-refractivity contribution in [3.63, 3.8) is 0 Å². The highest BCUT2D eigenvalue weighted by molar-refractivity contribution is 5.84. The van der Waals surface area contributed by atoms with E-state index in [1.54, 1.807) is 0 Å². The largest absolute Gasteiger partial charge is 0.395 e. The summed E-state index contributed by atoms with van der Waals surface area (Å²) in [6.45, 7) is 7.41. The Hall–Kier alpha value is -1.28. The Morgan fingerprint density at radius 1 is 1.31 bits per heavy atom. The van der Waals surface area contributed by atoms with Crippen molar-refractivity contribution in [1.82, 2.24) is 4.57 Å². The summed E-state index contributed by atoms with van der Waals surface area (Å²) in [5.74, 6) is 0.560. The van der Waals surface area contributed by atoms with E-state index in [0.29, 0.717) is 12.5 Å². The lowest BCUT2D eigenvalue weighted by molar-refractivity contribution is 0.278. The van der Waals surface area contributed by atoms with Crippen LogP contribution in [0.5, 0.6) is 0 Å². The smallest absolute Gasteiger partial charge is 0.0610 e. The molecule has 0 amide bonds. The Labute approximate surface area is 96.5 Å². The highest BCUT2D eigenvalue weighted by atomic mass is 16.3. The predicted octanol–water partition coefficient (Wildman–Crippen LogP) is 3.07. The van der Waals surface area contributed by atoms with Crippen LogP contribution in [0.4, 0.5) is 0 Å². The molecule has 16 heavy (non-hydrogen) atoms. The molecule has 0 aliphatic carbocycles. The zero-order valence-corrected chi connectivity index (χ0v) is 10.2. The van der Waals surface area contributed by atoms with Gasteiger partial charge >= 0.3 is 0 Å². The van der Waals surface area contributed by atoms with Gasteiger partial charge in [-0.2, -0.15) is 0 Å². The molecule has 0 aliphatic rings. The molecule has 0 unspecified atom stereocenters. The summed E-state index contributed by atoms with van der Waals surface area (Å²) >= 11 is 0. The number of rotatable bonds is 3. The van der Waals surface area contributed by atoms with E-state index in [9.17, 15) is 0 Å². The molecule has 0 saturated carbocycles. The molecule has 1 aromatic carbocycles. The third-order valence-corrected chi connectivity index (χ3v) is 3.11. The van der Waals surface area contributed by atoms with Gasteiger partial charge in [-0.1, -0.05) is 19.9 Å². The summed E-state index contributed by atoms with van der Waals surface area (Å²) < 4.78 is 2.12. The molecular formula is C14H19NO. The lowest BCUT2D eigenvalue weighted by Gasteiger charge is -2.07. The van der Waals surface area contributed by atoms with Gasteiger partial charge in [-0.3, -0.25) is 0 Å². The van der Waals surface area contributed by atoms with Gasteiger partial charge in [-0.05, 0) is 36.1 Å². The first-order valence-electron chi connectivity index (χ1n) is 5.83. The van der Waals surface area contributed by atoms with Crippen molar-refractivity contribution < 1.29 is 5.11 Å². The molecule has 0 aliphatic heterocycles. The average molecular weight is 217 g/mol. The molecule has 2 aromatic rings. The maximum Gasteiger partial charge on any atom is 0.0610 e. The van der Waals surface area contributed by atoms with Gasteiger partial charge in [0.1, 0.15) is 0 Å². The maximum absolute atomic E-state index is 9.01. The van der Waals surface area contributed by atoms with Crippen LogP contribution in [0.25, 0.3) is 10.9 Å². The Morgan fingerprint density at radius 3 is 2.69 bits per heavy atom. The monoisotopic (exact) mass is 217 g/mol. The van der Waals surface area contributed by atoms with Crippen LogP contribution in [-0.4, -0.2) is 16.3 Å². The Balaban J connectivity index is 2.57. The van der Waals surface area contributed by atoms with Crippen molar-refractivity contribution in [2.75, 3.05) is 6.61 Å². The second-order valence-corrected chi connectivity index (χ2v) is 4.66.